The number of hydrogen-bond acceptors (Lipinski definition) is 2. The predicted molar refractivity (Wildman–Crippen MR) is 50.0 cm³/mol. The molecule has 5 heteroatoms. The second-order valence-electron chi connectivity index (χ2n) is 4.08. The van der Waals surface area contributed by atoms with E-state index in [0.29, 0.717) is 0 Å². The summed E-state index contributed by atoms with van der Waals surface area (Å²) in [7, 11) is 1.67. The van der Waals surface area contributed by atoms with E-state index in [9.17, 15) is 13.2 Å². The van der Waals surface area contributed by atoms with E-state index >= 15 is 0 Å². The van der Waals surface area contributed by atoms with Gasteiger partial charge in [-0.1, -0.05) is 6.42 Å². The maximum Gasteiger partial charge on any atom is 0.390 e. The standard InChI is InChI=1S/C10H15F3N2/c1-15(6-5-10(11,12)13)9-4-2-3-8(9)7-14/h8-9H,2-6H2,1H3. The summed E-state index contributed by atoms with van der Waals surface area (Å²) >= 11 is 0. The van der Waals surface area contributed by atoms with Crippen LogP contribution in [0.25, 0.3) is 0 Å². The van der Waals surface area contributed by atoms with E-state index in [0.717, 1.165) is 19.3 Å². The lowest BCUT2D eigenvalue weighted by Crippen LogP contribution is -2.36. The average Bonchev–Trinajstić information content (AvgIpc) is 2.60. The van der Waals surface area contributed by atoms with Crippen molar-refractivity contribution >= 4 is 0 Å². The van der Waals surface area contributed by atoms with Gasteiger partial charge in [0.15, 0.2) is 0 Å². The minimum absolute atomic E-state index is 0.00759. The smallest absolute Gasteiger partial charge is 0.302 e. The molecular weight excluding hydrogens is 205 g/mol. The maximum absolute atomic E-state index is 12.0. The minimum Gasteiger partial charge on any atom is -0.302 e. The number of nitrogens with zero attached hydrogens (tertiary/aromatic N) is 2. The molecule has 0 radical (unpaired) electrons. The van der Waals surface area contributed by atoms with Crippen molar-refractivity contribution in [2.75, 3.05) is 13.6 Å². The van der Waals surface area contributed by atoms with Crippen LogP contribution in [0.1, 0.15) is 25.7 Å². The molecule has 1 rings (SSSR count). The number of hydrogen-bond donors (Lipinski definition) is 0. The van der Waals surface area contributed by atoms with Gasteiger partial charge in [0.2, 0.25) is 0 Å². The molecule has 1 saturated carbocycles. The molecule has 0 aromatic heterocycles. The van der Waals surface area contributed by atoms with Crippen LogP contribution in [-0.2, 0) is 0 Å². The maximum atomic E-state index is 12.0. The molecule has 1 aliphatic rings. The quantitative estimate of drug-likeness (QED) is 0.730. The second kappa shape index (κ2) is 4.84. The van der Waals surface area contributed by atoms with Crippen LogP contribution in [0.2, 0.25) is 0 Å². The van der Waals surface area contributed by atoms with Crippen LogP contribution in [0.15, 0.2) is 0 Å². The molecule has 0 heterocycles. The third-order valence-corrected chi connectivity index (χ3v) is 2.96. The molecule has 0 saturated heterocycles. The number of alkyl halides is 3. The molecule has 0 amide bonds. The van der Waals surface area contributed by atoms with Crippen molar-refractivity contribution in [1.82, 2.24) is 4.90 Å². The third-order valence-electron chi connectivity index (χ3n) is 2.96. The van der Waals surface area contributed by atoms with Crippen LogP contribution in [0.3, 0.4) is 0 Å². The van der Waals surface area contributed by atoms with Gasteiger partial charge >= 0.3 is 6.18 Å². The molecule has 0 bridgehead atoms. The van der Waals surface area contributed by atoms with Crippen molar-refractivity contribution in [1.29, 1.82) is 5.26 Å². The zero-order valence-electron chi connectivity index (χ0n) is 8.72. The first-order valence-electron chi connectivity index (χ1n) is 5.10. The molecule has 0 aliphatic heterocycles. The molecule has 2 nitrogen and oxygen atoms in total. The number of halogens is 3. The first kappa shape index (κ1) is 12.3. The lowest BCUT2D eigenvalue weighted by molar-refractivity contribution is -0.138. The molecule has 0 aromatic carbocycles. The zero-order valence-corrected chi connectivity index (χ0v) is 8.72. The molecule has 1 aliphatic carbocycles. The molecule has 2 atom stereocenters. The van der Waals surface area contributed by atoms with Gasteiger partial charge in [-0.2, -0.15) is 18.4 Å². The van der Waals surface area contributed by atoms with E-state index in [4.69, 9.17) is 5.26 Å². The fourth-order valence-electron chi connectivity index (χ4n) is 2.09. The van der Waals surface area contributed by atoms with Crippen LogP contribution >= 0.6 is 0 Å². The van der Waals surface area contributed by atoms with Crippen LogP contribution in [0.5, 0.6) is 0 Å². The van der Waals surface area contributed by atoms with Crippen molar-refractivity contribution in [2.45, 2.75) is 37.9 Å². The van der Waals surface area contributed by atoms with Crippen LogP contribution in [0, 0.1) is 17.2 Å². The summed E-state index contributed by atoms with van der Waals surface area (Å²) in [4.78, 5) is 1.67. The molecular formula is C10H15F3N2. The van der Waals surface area contributed by atoms with E-state index in [1.54, 1.807) is 11.9 Å². The highest BCUT2D eigenvalue weighted by atomic mass is 19.4. The Hall–Kier alpha value is -0.760. The normalized spacial score (nSPS) is 26.9. The molecule has 2 unspecified atom stereocenters. The minimum atomic E-state index is -4.10. The van der Waals surface area contributed by atoms with Crippen LogP contribution in [0.4, 0.5) is 13.2 Å². The Bertz CT molecular complexity index is 244. The lowest BCUT2D eigenvalue weighted by Gasteiger charge is -2.26. The van der Waals surface area contributed by atoms with Crippen LogP contribution in [-0.4, -0.2) is 30.7 Å². The van der Waals surface area contributed by atoms with Gasteiger partial charge in [0.25, 0.3) is 0 Å². The molecule has 0 aromatic rings. The SMILES string of the molecule is CN(CCC(F)(F)F)C1CCCC1C#N. The number of nitriles is 1. The predicted octanol–water partition coefficient (Wildman–Crippen LogP) is 2.56. The van der Waals surface area contributed by atoms with Gasteiger partial charge in [-0.15, -0.1) is 0 Å². The summed E-state index contributed by atoms with van der Waals surface area (Å²) in [6.07, 6.45) is -2.30. The summed E-state index contributed by atoms with van der Waals surface area (Å²) in [6.45, 7) is -0.00759. The number of rotatable bonds is 3. The Morgan fingerprint density at radius 3 is 2.60 bits per heavy atom. The summed E-state index contributed by atoms with van der Waals surface area (Å²) in [5.41, 5.74) is 0. The zero-order chi connectivity index (χ0) is 11.5. The van der Waals surface area contributed by atoms with Crippen molar-refractivity contribution in [3.8, 4) is 6.07 Å². The highest BCUT2D eigenvalue weighted by molar-refractivity contribution is 4.96. The van der Waals surface area contributed by atoms with E-state index in [1.165, 1.54) is 0 Å². The van der Waals surface area contributed by atoms with Gasteiger partial charge < -0.3 is 4.90 Å². The summed E-state index contributed by atoms with van der Waals surface area (Å²) in [5, 5.41) is 8.81. The highest BCUT2D eigenvalue weighted by Gasteiger charge is 2.33. The Labute approximate surface area is 87.7 Å². The van der Waals surface area contributed by atoms with Crippen molar-refractivity contribution < 1.29 is 13.2 Å². The van der Waals surface area contributed by atoms with Crippen molar-refractivity contribution in [2.24, 2.45) is 5.92 Å². The summed E-state index contributed by atoms with van der Waals surface area (Å²) in [6, 6.07) is 2.18. The molecule has 15 heavy (non-hydrogen) atoms. The first-order valence-corrected chi connectivity index (χ1v) is 5.10. The van der Waals surface area contributed by atoms with E-state index in [2.05, 4.69) is 6.07 Å². The second-order valence-corrected chi connectivity index (χ2v) is 4.08. The third kappa shape index (κ3) is 3.71. The molecule has 0 spiro atoms. The Kier molecular flexibility index (Phi) is 3.97. The van der Waals surface area contributed by atoms with Crippen molar-refractivity contribution in [3.05, 3.63) is 0 Å². The van der Waals surface area contributed by atoms with E-state index < -0.39 is 12.6 Å². The topological polar surface area (TPSA) is 27.0 Å². The van der Waals surface area contributed by atoms with Gasteiger partial charge in [-0.3, -0.25) is 0 Å². The highest BCUT2D eigenvalue weighted by Crippen LogP contribution is 2.29. The molecule has 0 N–H and O–H groups in total. The van der Waals surface area contributed by atoms with Gasteiger partial charge in [-0.05, 0) is 19.9 Å². The Morgan fingerprint density at radius 1 is 1.40 bits per heavy atom. The van der Waals surface area contributed by atoms with Gasteiger partial charge in [0, 0.05) is 12.6 Å². The van der Waals surface area contributed by atoms with Gasteiger partial charge in [0.1, 0.15) is 0 Å². The Morgan fingerprint density at radius 2 is 2.07 bits per heavy atom. The molecule has 1 fully saturated rings. The summed E-state index contributed by atoms with van der Waals surface area (Å²) < 4.78 is 36.0. The fraction of sp³-hybridized carbons (Fsp3) is 0.900. The van der Waals surface area contributed by atoms with Crippen LogP contribution < -0.4 is 0 Å². The van der Waals surface area contributed by atoms with Gasteiger partial charge in [0.05, 0.1) is 18.4 Å². The largest absolute Gasteiger partial charge is 0.390 e. The van der Waals surface area contributed by atoms with Gasteiger partial charge in [-0.25, -0.2) is 0 Å². The fourth-order valence-corrected chi connectivity index (χ4v) is 2.09. The molecule has 86 valence electrons. The average molecular weight is 220 g/mol. The first-order chi connectivity index (χ1) is 6.94. The lowest BCUT2D eigenvalue weighted by atomic mass is 10.0. The van der Waals surface area contributed by atoms with E-state index in [-0.39, 0.29) is 18.5 Å². The van der Waals surface area contributed by atoms with Crippen molar-refractivity contribution in [3.63, 3.8) is 0 Å². The Balaban J connectivity index is 2.40. The summed E-state index contributed by atoms with van der Waals surface area (Å²) in [5.74, 6) is -0.0942. The monoisotopic (exact) mass is 220 g/mol. The van der Waals surface area contributed by atoms with E-state index in [1.807, 2.05) is 0 Å².